The molecule has 10 nitrogen and oxygen atoms in total. The molecule has 0 bridgehead atoms. The SMILES string of the molecule is COCCN1C(=O)C(=O)/C(=C(/O)c2ccc(S(=O)(=O)N(C)C)cc2)C12C(=O)N(C)c1ccccc12. The average molecular weight is 500 g/mol. The van der Waals surface area contributed by atoms with E-state index < -0.39 is 38.9 Å². The molecule has 1 fully saturated rings. The molecule has 1 atom stereocenters. The van der Waals surface area contributed by atoms with Gasteiger partial charge in [-0.3, -0.25) is 14.4 Å². The zero-order valence-corrected chi connectivity index (χ0v) is 20.5. The molecule has 2 aliphatic heterocycles. The molecule has 0 saturated carbocycles. The van der Waals surface area contributed by atoms with Crippen molar-refractivity contribution >= 4 is 39.1 Å². The second kappa shape index (κ2) is 8.59. The number of para-hydroxylation sites is 1. The maximum atomic E-state index is 13.8. The Morgan fingerprint density at radius 3 is 2.29 bits per heavy atom. The van der Waals surface area contributed by atoms with Gasteiger partial charge in [0.05, 0.1) is 17.1 Å². The molecule has 11 heteroatoms. The topological polar surface area (TPSA) is 125 Å². The van der Waals surface area contributed by atoms with Gasteiger partial charge in [-0.2, -0.15) is 0 Å². The standard InChI is InChI=1S/C24H25N3O7S/c1-25(2)35(32,33)16-11-9-15(10-12-16)20(28)19-21(29)22(30)27(13-14-34-4)24(19)17-7-5-6-8-18(17)26(3)23(24)31/h5-12,28H,13-14H2,1-4H3/b20-19-. The molecular weight excluding hydrogens is 474 g/mol. The van der Waals surface area contributed by atoms with Gasteiger partial charge in [-0.25, -0.2) is 12.7 Å². The third kappa shape index (κ3) is 3.38. The summed E-state index contributed by atoms with van der Waals surface area (Å²) in [5.74, 6) is -3.09. The molecule has 35 heavy (non-hydrogen) atoms. The predicted molar refractivity (Wildman–Crippen MR) is 127 cm³/mol. The largest absolute Gasteiger partial charge is 0.507 e. The molecular formula is C24H25N3O7S. The van der Waals surface area contributed by atoms with Crippen molar-refractivity contribution in [3.63, 3.8) is 0 Å². The fourth-order valence-corrected chi connectivity index (χ4v) is 5.50. The highest BCUT2D eigenvalue weighted by Gasteiger charge is 2.66. The minimum absolute atomic E-state index is 0.0173. The molecule has 2 amide bonds. The number of aliphatic hydroxyl groups excluding tert-OH is 1. The van der Waals surface area contributed by atoms with Crippen LogP contribution < -0.4 is 4.90 Å². The molecule has 1 N–H and O–H groups in total. The number of likely N-dealkylation sites (tertiary alicyclic amines) is 1. The first-order valence-corrected chi connectivity index (χ1v) is 12.1. The molecule has 184 valence electrons. The van der Waals surface area contributed by atoms with E-state index >= 15 is 0 Å². The van der Waals surface area contributed by atoms with E-state index in [-0.39, 0.29) is 29.2 Å². The highest BCUT2D eigenvalue weighted by Crippen LogP contribution is 2.53. The van der Waals surface area contributed by atoms with Gasteiger partial charge in [-0.05, 0) is 30.3 Å². The first-order chi connectivity index (χ1) is 16.5. The van der Waals surface area contributed by atoms with Crippen LogP contribution in [0.2, 0.25) is 0 Å². The summed E-state index contributed by atoms with van der Waals surface area (Å²) in [6.07, 6.45) is 0. The molecule has 2 aliphatic rings. The molecule has 0 aromatic heterocycles. The summed E-state index contributed by atoms with van der Waals surface area (Å²) in [4.78, 5) is 42.7. The second-order valence-electron chi connectivity index (χ2n) is 8.41. The molecule has 1 saturated heterocycles. The number of benzene rings is 2. The van der Waals surface area contributed by atoms with E-state index in [9.17, 15) is 27.9 Å². The third-order valence-electron chi connectivity index (χ3n) is 6.36. The van der Waals surface area contributed by atoms with E-state index in [0.717, 1.165) is 9.21 Å². The Morgan fingerprint density at radius 2 is 1.69 bits per heavy atom. The van der Waals surface area contributed by atoms with Gasteiger partial charge in [0, 0.05) is 51.6 Å². The predicted octanol–water partition coefficient (Wildman–Crippen LogP) is 1.14. The Morgan fingerprint density at radius 1 is 1.06 bits per heavy atom. The number of carbonyl (C=O) groups excluding carboxylic acids is 3. The van der Waals surface area contributed by atoms with Crippen molar-refractivity contribution in [1.29, 1.82) is 0 Å². The lowest BCUT2D eigenvalue weighted by molar-refractivity contribution is -0.144. The number of ketones is 1. The van der Waals surface area contributed by atoms with Crippen LogP contribution >= 0.6 is 0 Å². The number of likely N-dealkylation sites (N-methyl/N-ethyl adjacent to an activating group) is 1. The molecule has 2 aromatic rings. The van der Waals surface area contributed by atoms with Crippen LogP contribution in [0.25, 0.3) is 5.76 Å². The fraction of sp³-hybridized carbons (Fsp3) is 0.292. The van der Waals surface area contributed by atoms with Crippen LogP contribution in [0.4, 0.5) is 5.69 Å². The average Bonchev–Trinajstić information content (AvgIpc) is 3.20. The zero-order chi connectivity index (χ0) is 25.7. The van der Waals surface area contributed by atoms with E-state index in [0.29, 0.717) is 11.3 Å². The van der Waals surface area contributed by atoms with Gasteiger partial charge in [0.15, 0.2) is 5.54 Å². The van der Waals surface area contributed by atoms with E-state index in [1.54, 1.807) is 24.3 Å². The number of fused-ring (bicyclic) bond motifs is 2. The van der Waals surface area contributed by atoms with Gasteiger partial charge in [-0.15, -0.1) is 0 Å². The number of hydrogen-bond donors (Lipinski definition) is 1. The van der Waals surface area contributed by atoms with Gasteiger partial charge in [0.1, 0.15) is 5.76 Å². The molecule has 1 unspecified atom stereocenters. The maximum absolute atomic E-state index is 13.8. The van der Waals surface area contributed by atoms with E-state index in [2.05, 4.69) is 0 Å². The number of sulfonamides is 1. The number of anilines is 1. The highest BCUT2D eigenvalue weighted by atomic mass is 32.2. The Hall–Kier alpha value is -3.54. The van der Waals surface area contributed by atoms with Crippen molar-refractivity contribution in [1.82, 2.24) is 9.21 Å². The number of amides is 2. The number of methoxy groups -OCH3 is 1. The van der Waals surface area contributed by atoms with Crippen molar-refractivity contribution in [3.05, 3.63) is 65.2 Å². The van der Waals surface area contributed by atoms with Gasteiger partial charge >= 0.3 is 0 Å². The summed E-state index contributed by atoms with van der Waals surface area (Å²) in [5.41, 5.74) is -1.28. The summed E-state index contributed by atoms with van der Waals surface area (Å²) < 4.78 is 31.0. The minimum atomic E-state index is -3.72. The van der Waals surface area contributed by atoms with Gasteiger partial charge < -0.3 is 19.6 Å². The normalized spacial score (nSPS) is 21.5. The molecule has 2 aromatic carbocycles. The number of aliphatic hydroxyl groups is 1. The first kappa shape index (κ1) is 24.6. The van der Waals surface area contributed by atoms with Crippen molar-refractivity contribution in [3.8, 4) is 0 Å². The first-order valence-electron chi connectivity index (χ1n) is 10.7. The van der Waals surface area contributed by atoms with E-state index in [1.165, 1.54) is 57.4 Å². The molecule has 1 spiro atoms. The van der Waals surface area contributed by atoms with Crippen LogP contribution in [0.3, 0.4) is 0 Å². The zero-order valence-electron chi connectivity index (χ0n) is 19.7. The summed E-state index contributed by atoms with van der Waals surface area (Å²) in [6, 6.07) is 12.0. The highest BCUT2D eigenvalue weighted by molar-refractivity contribution is 7.89. The van der Waals surface area contributed by atoms with Crippen molar-refractivity contribution in [2.24, 2.45) is 0 Å². The number of nitrogens with zero attached hydrogens (tertiary/aromatic N) is 3. The number of rotatable bonds is 6. The Kier molecular flexibility index (Phi) is 6.04. The maximum Gasteiger partial charge on any atom is 0.296 e. The number of Topliss-reactive ketones (excluding diaryl/α,β-unsaturated/α-hetero) is 1. The van der Waals surface area contributed by atoms with Crippen molar-refractivity contribution < 1.29 is 32.6 Å². The Balaban J connectivity index is 1.97. The van der Waals surface area contributed by atoms with Gasteiger partial charge in [0.25, 0.3) is 17.6 Å². The summed E-state index contributed by atoms with van der Waals surface area (Å²) in [7, 11) is 2.03. The monoisotopic (exact) mass is 499 g/mol. The van der Waals surface area contributed by atoms with Crippen LogP contribution in [-0.2, 0) is 34.7 Å². The third-order valence-corrected chi connectivity index (χ3v) is 8.19. The van der Waals surface area contributed by atoms with E-state index in [4.69, 9.17) is 4.74 Å². The minimum Gasteiger partial charge on any atom is -0.507 e. The van der Waals surface area contributed by atoms with Crippen LogP contribution in [0, 0.1) is 0 Å². The van der Waals surface area contributed by atoms with Crippen molar-refractivity contribution in [2.45, 2.75) is 10.4 Å². The number of hydrogen-bond acceptors (Lipinski definition) is 7. The Labute approximate surface area is 203 Å². The smallest absolute Gasteiger partial charge is 0.296 e. The number of ether oxygens (including phenoxy) is 1. The summed E-state index contributed by atoms with van der Waals surface area (Å²) >= 11 is 0. The quantitative estimate of drug-likeness (QED) is 0.359. The lowest BCUT2D eigenvalue weighted by atomic mass is 9.82. The molecule has 4 rings (SSSR count). The van der Waals surface area contributed by atoms with Gasteiger partial charge in [0.2, 0.25) is 10.0 Å². The van der Waals surface area contributed by atoms with E-state index in [1.807, 2.05) is 0 Å². The molecule has 0 aliphatic carbocycles. The summed E-state index contributed by atoms with van der Waals surface area (Å²) in [6.45, 7) is -0.00313. The lowest BCUT2D eigenvalue weighted by Crippen LogP contribution is -2.52. The van der Waals surface area contributed by atoms with Crippen LogP contribution in [0.5, 0.6) is 0 Å². The summed E-state index contributed by atoms with van der Waals surface area (Å²) in [5, 5.41) is 11.3. The van der Waals surface area contributed by atoms with Crippen LogP contribution in [-0.4, -0.2) is 81.7 Å². The second-order valence-corrected chi connectivity index (χ2v) is 10.6. The number of carbonyl (C=O) groups is 3. The van der Waals surface area contributed by atoms with Crippen LogP contribution in [0.15, 0.2) is 59.0 Å². The van der Waals surface area contributed by atoms with Crippen molar-refractivity contribution in [2.75, 3.05) is 46.3 Å². The van der Waals surface area contributed by atoms with Crippen LogP contribution in [0.1, 0.15) is 11.1 Å². The molecule has 0 radical (unpaired) electrons. The molecule has 2 heterocycles. The fourth-order valence-electron chi connectivity index (χ4n) is 4.59. The van der Waals surface area contributed by atoms with Gasteiger partial charge in [-0.1, -0.05) is 18.2 Å². The lowest BCUT2D eigenvalue weighted by Gasteiger charge is -2.34. The Bertz CT molecular complexity index is 1370.